The third-order valence-corrected chi connectivity index (χ3v) is 4.43. The minimum atomic E-state index is -0.438. The number of carbonyl (C=O) groups is 1. The molecular weight excluding hydrogens is 240 g/mol. The maximum Gasteiger partial charge on any atom is 0.348 e. The van der Waals surface area contributed by atoms with Gasteiger partial charge in [-0.15, -0.1) is 0 Å². The van der Waals surface area contributed by atoms with Crippen molar-refractivity contribution in [2.75, 3.05) is 0 Å². The van der Waals surface area contributed by atoms with E-state index in [9.17, 15) is 4.79 Å². The normalized spacial score (nSPS) is 38.9. The second kappa shape index (κ2) is 5.08. The van der Waals surface area contributed by atoms with Gasteiger partial charge >= 0.3 is 5.97 Å². The summed E-state index contributed by atoms with van der Waals surface area (Å²) in [6.07, 6.45) is 5.44. The maximum absolute atomic E-state index is 12.5. The van der Waals surface area contributed by atoms with Crippen molar-refractivity contribution >= 4 is 5.97 Å². The lowest BCUT2D eigenvalue weighted by Crippen LogP contribution is -2.45. The summed E-state index contributed by atoms with van der Waals surface area (Å²) in [5.41, 5.74) is -0.725. The van der Waals surface area contributed by atoms with E-state index in [1.165, 1.54) is 12.8 Å². The second-order valence-corrected chi connectivity index (χ2v) is 8.01. The molecule has 0 N–H and O–H groups in total. The molecule has 0 radical (unpaired) electrons. The molecular formula is C16H28O3. The van der Waals surface area contributed by atoms with Gasteiger partial charge in [-0.3, -0.25) is 4.89 Å². The largest absolute Gasteiger partial charge is 0.348 e. The molecule has 110 valence electrons. The molecule has 2 fully saturated rings. The van der Waals surface area contributed by atoms with Crippen molar-refractivity contribution < 1.29 is 14.6 Å². The van der Waals surface area contributed by atoms with Crippen molar-refractivity contribution in [3.05, 3.63) is 0 Å². The van der Waals surface area contributed by atoms with Gasteiger partial charge in [0.25, 0.3) is 0 Å². The van der Waals surface area contributed by atoms with E-state index in [4.69, 9.17) is 9.78 Å². The maximum atomic E-state index is 12.5. The quantitative estimate of drug-likeness (QED) is 0.558. The zero-order valence-corrected chi connectivity index (χ0v) is 13.0. The van der Waals surface area contributed by atoms with Crippen LogP contribution in [0.4, 0.5) is 0 Å². The van der Waals surface area contributed by atoms with E-state index in [0.29, 0.717) is 17.8 Å². The number of rotatable bonds is 2. The van der Waals surface area contributed by atoms with Gasteiger partial charge in [-0.25, -0.2) is 4.79 Å². The monoisotopic (exact) mass is 268 g/mol. The molecule has 19 heavy (non-hydrogen) atoms. The molecule has 2 rings (SSSR count). The van der Waals surface area contributed by atoms with E-state index in [1.54, 1.807) is 0 Å². The van der Waals surface area contributed by atoms with Crippen LogP contribution in [0.15, 0.2) is 0 Å². The smallest absolute Gasteiger partial charge is 0.297 e. The van der Waals surface area contributed by atoms with Crippen molar-refractivity contribution in [1.82, 2.24) is 0 Å². The second-order valence-electron chi connectivity index (χ2n) is 8.01. The summed E-state index contributed by atoms with van der Waals surface area (Å²) in [6, 6.07) is 0. The van der Waals surface area contributed by atoms with Crippen molar-refractivity contribution in [3.63, 3.8) is 0 Å². The Bertz CT molecular complexity index is 323. The summed E-state index contributed by atoms with van der Waals surface area (Å²) in [4.78, 5) is 23.0. The molecule has 0 aromatic heterocycles. The zero-order chi connectivity index (χ0) is 14.3. The molecule has 2 aliphatic carbocycles. The van der Waals surface area contributed by atoms with Gasteiger partial charge in [0.15, 0.2) is 0 Å². The van der Waals surface area contributed by atoms with Crippen LogP contribution in [0, 0.1) is 23.2 Å². The molecule has 0 aromatic rings. The highest BCUT2D eigenvalue weighted by Crippen LogP contribution is 2.53. The third-order valence-electron chi connectivity index (χ3n) is 4.43. The molecule has 3 nitrogen and oxygen atoms in total. The van der Waals surface area contributed by atoms with Gasteiger partial charge in [0.2, 0.25) is 0 Å². The Morgan fingerprint density at radius 2 is 1.58 bits per heavy atom. The van der Waals surface area contributed by atoms with Crippen LogP contribution in [0.25, 0.3) is 0 Å². The summed E-state index contributed by atoms with van der Waals surface area (Å²) >= 11 is 0. The number of fused-ring (bicyclic) bond motifs is 2. The van der Waals surface area contributed by atoms with Gasteiger partial charge < -0.3 is 0 Å². The molecule has 2 saturated carbocycles. The average molecular weight is 268 g/mol. The Balaban J connectivity index is 2.08. The fraction of sp³-hybridized carbons (Fsp3) is 0.938. The van der Waals surface area contributed by atoms with Crippen LogP contribution in [0.5, 0.6) is 0 Å². The van der Waals surface area contributed by atoms with Crippen LogP contribution in [-0.4, -0.2) is 11.6 Å². The van der Waals surface area contributed by atoms with Crippen molar-refractivity contribution in [2.45, 2.75) is 72.3 Å². The summed E-state index contributed by atoms with van der Waals surface area (Å²) in [5, 5.41) is 0. The van der Waals surface area contributed by atoms with E-state index >= 15 is 0 Å². The van der Waals surface area contributed by atoms with Crippen LogP contribution in [0.1, 0.15) is 66.7 Å². The first-order valence-corrected chi connectivity index (χ1v) is 7.60. The lowest BCUT2D eigenvalue weighted by Gasteiger charge is -2.47. The fourth-order valence-electron chi connectivity index (χ4n) is 4.21. The summed E-state index contributed by atoms with van der Waals surface area (Å²) in [6.45, 7) is 10.2. The molecule has 0 aliphatic heterocycles. The van der Waals surface area contributed by atoms with E-state index in [-0.39, 0.29) is 11.4 Å². The SMILES string of the molecule is CC1C[C@H]2CC(C)C[C@@](C(=O)OOC(C)(C)C)(C1)C2. The van der Waals surface area contributed by atoms with Gasteiger partial charge in [-0.05, 0) is 70.6 Å². The topological polar surface area (TPSA) is 35.5 Å². The number of hydrogen-bond donors (Lipinski definition) is 0. The van der Waals surface area contributed by atoms with Gasteiger partial charge in [0.05, 0.1) is 5.41 Å². The highest BCUT2D eigenvalue weighted by atomic mass is 17.2. The average Bonchev–Trinajstić information content (AvgIpc) is 2.22. The van der Waals surface area contributed by atoms with Gasteiger partial charge in [-0.1, -0.05) is 13.8 Å². The fourth-order valence-corrected chi connectivity index (χ4v) is 4.21. The van der Waals surface area contributed by atoms with E-state index in [2.05, 4.69) is 13.8 Å². The van der Waals surface area contributed by atoms with E-state index < -0.39 is 5.60 Å². The van der Waals surface area contributed by atoms with Crippen molar-refractivity contribution in [3.8, 4) is 0 Å². The highest BCUT2D eigenvalue weighted by molar-refractivity contribution is 5.76. The molecule has 0 spiro atoms. The predicted molar refractivity (Wildman–Crippen MR) is 74.3 cm³/mol. The first-order chi connectivity index (χ1) is 8.70. The molecule has 0 aromatic carbocycles. The zero-order valence-electron chi connectivity index (χ0n) is 13.0. The third kappa shape index (κ3) is 3.50. The molecule has 3 heteroatoms. The van der Waals surface area contributed by atoms with Crippen LogP contribution in [0.3, 0.4) is 0 Å². The number of hydrogen-bond acceptors (Lipinski definition) is 3. The van der Waals surface area contributed by atoms with Gasteiger partial charge in [-0.2, -0.15) is 4.89 Å². The minimum Gasteiger partial charge on any atom is -0.297 e. The van der Waals surface area contributed by atoms with Gasteiger partial charge in [0.1, 0.15) is 5.60 Å². The van der Waals surface area contributed by atoms with Crippen LogP contribution >= 0.6 is 0 Å². The Kier molecular flexibility index (Phi) is 3.97. The molecule has 0 saturated heterocycles. The molecule has 0 amide bonds. The lowest BCUT2D eigenvalue weighted by molar-refractivity contribution is -0.329. The summed E-state index contributed by atoms with van der Waals surface area (Å²) in [5.74, 6) is 1.79. The molecule has 2 atom stereocenters. The molecule has 2 unspecified atom stereocenters. The summed E-state index contributed by atoms with van der Waals surface area (Å²) in [7, 11) is 0. The highest BCUT2D eigenvalue weighted by Gasteiger charge is 2.50. The Labute approximate surface area is 117 Å². The Morgan fingerprint density at radius 3 is 2.05 bits per heavy atom. The molecule has 2 bridgehead atoms. The van der Waals surface area contributed by atoms with Crippen molar-refractivity contribution in [2.24, 2.45) is 23.2 Å². The first-order valence-electron chi connectivity index (χ1n) is 7.60. The Hall–Kier alpha value is -0.570. The standard InChI is InChI=1S/C16H28O3/c1-11-6-13-7-12(2)9-16(8-11,10-13)14(17)18-19-15(3,4)5/h11-13H,6-10H2,1-5H3/t11?,12?,13-,16-. The summed E-state index contributed by atoms with van der Waals surface area (Å²) < 4.78 is 0. The lowest BCUT2D eigenvalue weighted by atomic mass is 9.57. The van der Waals surface area contributed by atoms with Crippen LogP contribution in [0.2, 0.25) is 0 Å². The molecule has 2 aliphatic rings. The van der Waals surface area contributed by atoms with E-state index in [1.807, 2.05) is 20.8 Å². The molecule has 0 heterocycles. The van der Waals surface area contributed by atoms with Crippen molar-refractivity contribution in [1.29, 1.82) is 0 Å². The Morgan fingerprint density at radius 1 is 1.05 bits per heavy atom. The van der Waals surface area contributed by atoms with E-state index in [0.717, 1.165) is 19.3 Å². The first kappa shape index (κ1) is 14.8. The van der Waals surface area contributed by atoms with Crippen LogP contribution in [-0.2, 0) is 14.6 Å². The van der Waals surface area contributed by atoms with Gasteiger partial charge in [0, 0.05) is 0 Å². The van der Waals surface area contributed by atoms with Crippen LogP contribution < -0.4 is 0 Å². The predicted octanol–water partition coefficient (Wildman–Crippen LogP) is 4.11. The minimum absolute atomic E-state index is 0.134. The number of carbonyl (C=O) groups excluding carboxylic acids is 1.